The van der Waals surface area contributed by atoms with E-state index in [4.69, 9.17) is 9.47 Å². The molecule has 2 unspecified atom stereocenters. The summed E-state index contributed by atoms with van der Waals surface area (Å²) in [6, 6.07) is 0. The van der Waals surface area contributed by atoms with Gasteiger partial charge >= 0.3 is 5.97 Å². The summed E-state index contributed by atoms with van der Waals surface area (Å²) >= 11 is 0. The number of rotatable bonds is 1. The van der Waals surface area contributed by atoms with E-state index >= 15 is 0 Å². The zero-order chi connectivity index (χ0) is 19.7. The molecule has 0 amide bonds. The number of ether oxygens (including phenoxy) is 2. The summed E-state index contributed by atoms with van der Waals surface area (Å²) in [7, 11) is 0. The minimum atomic E-state index is -1.03. The third-order valence-corrected chi connectivity index (χ3v) is 7.25. The fraction of sp³-hybridized carbons (Fsp3) is 0.905. The van der Waals surface area contributed by atoms with Gasteiger partial charge in [0.1, 0.15) is 11.4 Å². The normalized spacial score (nSPS) is 46.8. The van der Waals surface area contributed by atoms with Crippen LogP contribution in [0.25, 0.3) is 0 Å². The number of Topliss-reactive ketones (excluding diaryl/α,β-unsaturated/α-hetero) is 1. The van der Waals surface area contributed by atoms with E-state index in [1.807, 2.05) is 20.8 Å². The summed E-state index contributed by atoms with van der Waals surface area (Å²) in [6.45, 7) is 13.4. The standard InChI is InChI=1S/C21H34O5/c1-12(22)25-17-14(24)16-18(2,3)9-8-10-20(16,6)15-13(23)11-19(4,5)26-21(15,17)7/h14-17,24H,8-11H2,1-7H3/t14-,15?,16?,17-,20+,21-/m0/s1. The minimum Gasteiger partial charge on any atom is -0.457 e. The van der Waals surface area contributed by atoms with E-state index < -0.39 is 29.4 Å². The van der Waals surface area contributed by atoms with Crippen LogP contribution in [0.2, 0.25) is 0 Å². The largest absolute Gasteiger partial charge is 0.457 e. The number of hydrogen-bond donors (Lipinski definition) is 1. The fourth-order valence-electron chi connectivity index (χ4n) is 6.96. The summed E-state index contributed by atoms with van der Waals surface area (Å²) in [4.78, 5) is 25.2. The van der Waals surface area contributed by atoms with Gasteiger partial charge in [-0.15, -0.1) is 0 Å². The second-order valence-corrected chi connectivity index (χ2v) is 10.5. The molecule has 1 saturated heterocycles. The van der Waals surface area contributed by atoms with Gasteiger partial charge in [0.15, 0.2) is 6.10 Å². The van der Waals surface area contributed by atoms with Crippen molar-refractivity contribution < 1.29 is 24.2 Å². The van der Waals surface area contributed by atoms with E-state index in [0.29, 0.717) is 6.42 Å². The Hall–Kier alpha value is -0.940. The Morgan fingerprint density at radius 3 is 2.35 bits per heavy atom. The van der Waals surface area contributed by atoms with Crippen LogP contribution in [-0.2, 0) is 19.1 Å². The number of fused-ring (bicyclic) bond motifs is 3. The van der Waals surface area contributed by atoms with Crippen LogP contribution < -0.4 is 0 Å². The zero-order valence-corrected chi connectivity index (χ0v) is 17.2. The van der Waals surface area contributed by atoms with Crippen LogP contribution in [0.4, 0.5) is 0 Å². The van der Waals surface area contributed by atoms with Crippen molar-refractivity contribution >= 4 is 11.8 Å². The quantitative estimate of drug-likeness (QED) is 0.721. The topological polar surface area (TPSA) is 72.8 Å². The molecule has 1 aliphatic heterocycles. The molecule has 3 rings (SSSR count). The van der Waals surface area contributed by atoms with E-state index in [0.717, 1.165) is 19.3 Å². The minimum absolute atomic E-state index is 0.125. The van der Waals surface area contributed by atoms with Crippen LogP contribution in [0.5, 0.6) is 0 Å². The number of hydrogen-bond acceptors (Lipinski definition) is 5. The smallest absolute Gasteiger partial charge is 0.303 e. The Morgan fingerprint density at radius 2 is 1.77 bits per heavy atom. The van der Waals surface area contributed by atoms with Crippen LogP contribution in [-0.4, -0.2) is 40.3 Å². The average molecular weight is 366 g/mol. The van der Waals surface area contributed by atoms with Gasteiger partial charge in [-0.05, 0) is 50.4 Å². The van der Waals surface area contributed by atoms with E-state index in [1.165, 1.54) is 6.92 Å². The summed E-state index contributed by atoms with van der Waals surface area (Å²) < 4.78 is 12.1. The van der Waals surface area contributed by atoms with Crippen molar-refractivity contribution in [3.05, 3.63) is 0 Å². The summed E-state index contributed by atoms with van der Waals surface area (Å²) in [6.07, 6.45) is 1.53. The summed E-state index contributed by atoms with van der Waals surface area (Å²) in [5, 5.41) is 11.4. The number of ketones is 1. The monoisotopic (exact) mass is 366 g/mol. The second kappa shape index (κ2) is 5.78. The third kappa shape index (κ3) is 2.73. The van der Waals surface area contributed by atoms with Gasteiger partial charge in [-0.3, -0.25) is 9.59 Å². The molecule has 3 fully saturated rings. The Morgan fingerprint density at radius 1 is 1.15 bits per heavy atom. The molecule has 26 heavy (non-hydrogen) atoms. The molecule has 0 aromatic heterocycles. The van der Waals surface area contributed by atoms with Crippen LogP contribution >= 0.6 is 0 Å². The maximum absolute atomic E-state index is 13.4. The van der Waals surface area contributed by atoms with Crippen LogP contribution in [0, 0.1) is 22.7 Å². The fourth-order valence-corrected chi connectivity index (χ4v) is 6.96. The number of aliphatic hydroxyl groups is 1. The van der Waals surface area contributed by atoms with Crippen LogP contribution in [0.3, 0.4) is 0 Å². The van der Waals surface area contributed by atoms with Gasteiger partial charge in [0.05, 0.1) is 17.6 Å². The first kappa shape index (κ1) is 19.8. The lowest BCUT2D eigenvalue weighted by Gasteiger charge is -2.67. The van der Waals surface area contributed by atoms with Gasteiger partial charge in [0.2, 0.25) is 0 Å². The van der Waals surface area contributed by atoms with E-state index in [-0.39, 0.29) is 28.4 Å². The first-order chi connectivity index (χ1) is 11.7. The molecule has 0 bridgehead atoms. The van der Waals surface area contributed by atoms with Crippen molar-refractivity contribution in [2.45, 2.75) is 97.6 Å². The average Bonchev–Trinajstić information content (AvgIpc) is 2.39. The molecule has 148 valence electrons. The lowest BCUT2D eigenvalue weighted by molar-refractivity contribution is -0.311. The number of carbonyl (C=O) groups is 2. The summed E-state index contributed by atoms with van der Waals surface area (Å²) in [5.41, 5.74) is -2.18. The Labute approximate surface area is 156 Å². The van der Waals surface area contributed by atoms with Crippen LogP contribution in [0.15, 0.2) is 0 Å². The SMILES string of the molecule is CC(=O)O[C@H]1[C@@H](O)C2C(C)(C)CCC[C@]2(C)C2C(=O)CC(C)(C)O[C@@]21C. The van der Waals surface area contributed by atoms with Crippen molar-refractivity contribution in [2.24, 2.45) is 22.7 Å². The number of aliphatic hydroxyl groups excluding tert-OH is 1. The summed E-state index contributed by atoms with van der Waals surface area (Å²) in [5.74, 6) is -0.802. The van der Waals surface area contributed by atoms with Gasteiger partial charge in [0.25, 0.3) is 0 Å². The molecule has 3 aliphatic rings. The van der Waals surface area contributed by atoms with E-state index in [1.54, 1.807) is 0 Å². The van der Waals surface area contributed by atoms with E-state index in [9.17, 15) is 14.7 Å². The van der Waals surface area contributed by atoms with Crippen molar-refractivity contribution in [1.29, 1.82) is 0 Å². The highest BCUT2D eigenvalue weighted by molar-refractivity contribution is 5.85. The molecule has 2 aliphatic carbocycles. The molecule has 0 spiro atoms. The van der Waals surface area contributed by atoms with Crippen molar-refractivity contribution in [1.82, 2.24) is 0 Å². The maximum atomic E-state index is 13.4. The molecule has 1 N–H and O–H groups in total. The molecule has 2 saturated carbocycles. The Kier molecular flexibility index (Phi) is 4.40. The van der Waals surface area contributed by atoms with E-state index in [2.05, 4.69) is 20.8 Å². The molecule has 5 nitrogen and oxygen atoms in total. The highest BCUT2D eigenvalue weighted by Gasteiger charge is 2.71. The first-order valence-electron chi connectivity index (χ1n) is 9.83. The lowest BCUT2D eigenvalue weighted by Crippen LogP contribution is -2.75. The second-order valence-electron chi connectivity index (χ2n) is 10.5. The molecule has 5 heteroatoms. The number of esters is 1. The maximum Gasteiger partial charge on any atom is 0.303 e. The predicted octanol–water partition coefficient (Wildman–Crippen LogP) is 3.27. The van der Waals surface area contributed by atoms with Crippen LogP contribution in [0.1, 0.15) is 74.1 Å². The highest BCUT2D eigenvalue weighted by atomic mass is 16.6. The van der Waals surface area contributed by atoms with Crippen molar-refractivity contribution in [3.63, 3.8) is 0 Å². The lowest BCUT2D eigenvalue weighted by atomic mass is 9.42. The molecular formula is C21H34O5. The molecule has 0 aromatic carbocycles. The zero-order valence-electron chi connectivity index (χ0n) is 17.2. The van der Waals surface area contributed by atoms with Gasteiger partial charge in [0, 0.05) is 13.3 Å². The van der Waals surface area contributed by atoms with Gasteiger partial charge in [-0.2, -0.15) is 0 Å². The molecule has 0 aromatic rings. The highest BCUT2D eigenvalue weighted by Crippen LogP contribution is 2.65. The van der Waals surface area contributed by atoms with Gasteiger partial charge < -0.3 is 14.6 Å². The van der Waals surface area contributed by atoms with Crippen molar-refractivity contribution in [2.75, 3.05) is 0 Å². The molecule has 6 atom stereocenters. The first-order valence-corrected chi connectivity index (χ1v) is 9.83. The Bertz CT molecular complexity index is 624. The molecular weight excluding hydrogens is 332 g/mol. The third-order valence-electron chi connectivity index (χ3n) is 7.25. The predicted molar refractivity (Wildman–Crippen MR) is 97.5 cm³/mol. The van der Waals surface area contributed by atoms with Crippen molar-refractivity contribution in [3.8, 4) is 0 Å². The molecule has 1 heterocycles. The molecule has 0 radical (unpaired) electrons. The van der Waals surface area contributed by atoms with Gasteiger partial charge in [-0.1, -0.05) is 27.2 Å². The Balaban J connectivity index is 2.19. The number of carbonyl (C=O) groups excluding carboxylic acids is 2. The van der Waals surface area contributed by atoms with Gasteiger partial charge in [-0.25, -0.2) is 0 Å².